The predicted octanol–water partition coefficient (Wildman–Crippen LogP) is 0.640. The number of sulfone groups is 1. The Morgan fingerprint density at radius 1 is 1.50 bits per heavy atom. The first-order chi connectivity index (χ1) is 8.43. The van der Waals surface area contributed by atoms with Gasteiger partial charge >= 0.3 is 0 Å². The third-order valence-electron chi connectivity index (χ3n) is 2.48. The summed E-state index contributed by atoms with van der Waals surface area (Å²) in [6.07, 6.45) is 4.14. The van der Waals surface area contributed by atoms with Gasteiger partial charge in [0, 0.05) is 18.6 Å². The molecule has 0 unspecified atom stereocenters. The van der Waals surface area contributed by atoms with Gasteiger partial charge in [-0.15, -0.1) is 0 Å². The molecule has 0 aliphatic carbocycles. The van der Waals surface area contributed by atoms with E-state index in [1.807, 2.05) is 0 Å². The second-order valence-corrected chi connectivity index (χ2v) is 5.75. The van der Waals surface area contributed by atoms with Crippen molar-refractivity contribution < 1.29 is 17.7 Å². The molecule has 0 aliphatic rings. The molecule has 8 heteroatoms. The number of imidazole rings is 1. The van der Waals surface area contributed by atoms with Crippen molar-refractivity contribution >= 4 is 9.84 Å². The largest absolute Gasteiger partial charge is 0.479 e. The molecule has 2 rings (SSSR count). The highest BCUT2D eigenvalue weighted by Crippen LogP contribution is 2.22. The number of methoxy groups -OCH3 is 1. The van der Waals surface area contributed by atoms with Crippen molar-refractivity contribution in [2.75, 3.05) is 13.4 Å². The van der Waals surface area contributed by atoms with Crippen LogP contribution >= 0.6 is 0 Å². The van der Waals surface area contributed by atoms with Gasteiger partial charge in [-0.25, -0.2) is 13.4 Å². The lowest BCUT2D eigenvalue weighted by molar-refractivity contribution is 0.331. The first-order valence-electron chi connectivity index (χ1n) is 5.14. The van der Waals surface area contributed by atoms with Crippen molar-refractivity contribution in [1.29, 1.82) is 0 Å². The summed E-state index contributed by atoms with van der Waals surface area (Å²) in [7, 11) is -1.89. The zero-order valence-electron chi connectivity index (χ0n) is 10.2. The lowest BCUT2D eigenvalue weighted by atomic mass is 10.2. The maximum Gasteiger partial charge on any atom is 0.259 e. The van der Waals surface area contributed by atoms with Crippen LogP contribution in [-0.4, -0.2) is 36.5 Å². The molecule has 0 saturated heterocycles. The van der Waals surface area contributed by atoms with Crippen LogP contribution in [-0.2, 0) is 16.4 Å². The summed E-state index contributed by atoms with van der Waals surface area (Å²) in [6.45, 7) is 2.02. The highest BCUT2D eigenvalue weighted by molar-refractivity contribution is 7.90. The molecule has 18 heavy (non-hydrogen) atoms. The van der Waals surface area contributed by atoms with Crippen LogP contribution in [0.2, 0.25) is 0 Å². The third-order valence-corrected chi connectivity index (χ3v) is 3.48. The van der Waals surface area contributed by atoms with Crippen LogP contribution in [0.3, 0.4) is 0 Å². The molecule has 0 fully saturated rings. The van der Waals surface area contributed by atoms with Crippen LogP contribution in [0, 0.1) is 6.92 Å². The topological polar surface area (TPSA) is 87.2 Å². The van der Waals surface area contributed by atoms with E-state index in [1.54, 1.807) is 13.1 Å². The molecule has 2 heterocycles. The molecule has 0 aliphatic heterocycles. The molecule has 0 atom stereocenters. The Balaban J connectivity index is 2.41. The van der Waals surface area contributed by atoms with Gasteiger partial charge in [-0.3, -0.25) is 0 Å². The lowest BCUT2D eigenvalue weighted by Gasteiger charge is -2.06. The normalized spacial score (nSPS) is 11.7. The highest BCUT2D eigenvalue weighted by Gasteiger charge is 2.19. The second-order valence-electron chi connectivity index (χ2n) is 3.84. The Bertz CT molecular complexity index is 656. The molecule has 2 aromatic rings. The summed E-state index contributed by atoms with van der Waals surface area (Å²) in [5, 5.41) is 3.73. The number of hydrogen-bond donors (Lipinski definition) is 0. The SMILES string of the molecule is COc1noc(C)c1Cn1ccnc1S(C)(=O)=O. The summed E-state index contributed by atoms with van der Waals surface area (Å²) in [6, 6.07) is 0. The van der Waals surface area contributed by atoms with Gasteiger partial charge in [0.05, 0.1) is 19.2 Å². The van der Waals surface area contributed by atoms with E-state index in [0.717, 1.165) is 6.26 Å². The maximum absolute atomic E-state index is 11.5. The fourth-order valence-corrected chi connectivity index (χ4v) is 2.43. The second kappa shape index (κ2) is 4.45. The number of aryl methyl sites for hydroxylation is 1. The Kier molecular flexibility index (Phi) is 3.12. The first-order valence-corrected chi connectivity index (χ1v) is 7.03. The molecule has 0 radical (unpaired) electrons. The Hall–Kier alpha value is -1.83. The van der Waals surface area contributed by atoms with E-state index in [2.05, 4.69) is 10.1 Å². The van der Waals surface area contributed by atoms with Crippen LogP contribution < -0.4 is 4.74 Å². The molecular weight excluding hydrogens is 258 g/mol. The number of nitrogens with zero attached hydrogens (tertiary/aromatic N) is 3. The fraction of sp³-hybridized carbons (Fsp3) is 0.400. The number of ether oxygens (including phenoxy) is 1. The van der Waals surface area contributed by atoms with Gasteiger partial charge in [0.1, 0.15) is 5.76 Å². The quantitative estimate of drug-likeness (QED) is 0.811. The van der Waals surface area contributed by atoms with Crippen molar-refractivity contribution in [2.45, 2.75) is 18.6 Å². The van der Waals surface area contributed by atoms with E-state index in [0.29, 0.717) is 17.2 Å². The van der Waals surface area contributed by atoms with E-state index in [4.69, 9.17) is 9.26 Å². The number of rotatable bonds is 4. The molecular formula is C10H13N3O4S. The fourth-order valence-electron chi connectivity index (χ4n) is 1.63. The maximum atomic E-state index is 11.5. The van der Waals surface area contributed by atoms with E-state index in [-0.39, 0.29) is 11.7 Å². The van der Waals surface area contributed by atoms with E-state index in [1.165, 1.54) is 17.9 Å². The minimum Gasteiger partial charge on any atom is -0.479 e. The predicted molar refractivity (Wildman–Crippen MR) is 62.2 cm³/mol. The zero-order valence-corrected chi connectivity index (χ0v) is 11.1. The Morgan fingerprint density at radius 3 is 2.83 bits per heavy atom. The average molecular weight is 271 g/mol. The van der Waals surface area contributed by atoms with Gasteiger partial charge in [-0.2, -0.15) is 0 Å². The van der Waals surface area contributed by atoms with Crippen LogP contribution in [0.1, 0.15) is 11.3 Å². The number of aromatic nitrogens is 3. The minimum absolute atomic E-state index is 0.00477. The molecule has 2 aromatic heterocycles. The van der Waals surface area contributed by atoms with Crippen LogP contribution in [0.4, 0.5) is 0 Å². The summed E-state index contributed by atoms with van der Waals surface area (Å²) >= 11 is 0. The molecule has 98 valence electrons. The van der Waals surface area contributed by atoms with Gasteiger partial charge in [-0.1, -0.05) is 0 Å². The van der Waals surface area contributed by atoms with Crippen LogP contribution in [0.5, 0.6) is 5.88 Å². The van der Waals surface area contributed by atoms with Gasteiger partial charge in [0.2, 0.25) is 15.0 Å². The highest BCUT2D eigenvalue weighted by atomic mass is 32.2. The van der Waals surface area contributed by atoms with E-state index in [9.17, 15) is 8.42 Å². The molecule has 0 spiro atoms. The molecule has 0 aromatic carbocycles. The van der Waals surface area contributed by atoms with E-state index >= 15 is 0 Å². The van der Waals surface area contributed by atoms with Crippen molar-refractivity contribution in [3.63, 3.8) is 0 Å². The van der Waals surface area contributed by atoms with E-state index < -0.39 is 9.84 Å². The van der Waals surface area contributed by atoms with Crippen molar-refractivity contribution in [3.05, 3.63) is 23.7 Å². The standard InChI is InChI=1S/C10H13N3O4S/c1-7-8(9(16-2)12-17-7)6-13-5-4-11-10(13)18(3,14)15/h4-5H,6H2,1-3H3. The Labute approximate surface area is 104 Å². The number of hydrogen-bond acceptors (Lipinski definition) is 6. The third kappa shape index (κ3) is 2.23. The van der Waals surface area contributed by atoms with Gasteiger partial charge in [-0.05, 0) is 12.1 Å². The van der Waals surface area contributed by atoms with Gasteiger partial charge in [0.15, 0.2) is 0 Å². The minimum atomic E-state index is -3.37. The van der Waals surface area contributed by atoms with Crippen LogP contribution in [0.15, 0.2) is 22.1 Å². The summed E-state index contributed by atoms with van der Waals surface area (Å²) in [5.41, 5.74) is 0.695. The van der Waals surface area contributed by atoms with Crippen molar-refractivity contribution in [2.24, 2.45) is 0 Å². The molecule has 0 saturated carbocycles. The smallest absolute Gasteiger partial charge is 0.259 e. The summed E-state index contributed by atoms with van der Waals surface area (Å²) in [5.74, 6) is 0.931. The van der Waals surface area contributed by atoms with Crippen molar-refractivity contribution in [3.8, 4) is 5.88 Å². The zero-order chi connectivity index (χ0) is 13.3. The Morgan fingerprint density at radius 2 is 2.22 bits per heavy atom. The molecule has 0 N–H and O–H groups in total. The van der Waals surface area contributed by atoms with Gasteiger partial charge < -0.3 is 13.8 Å². The molecule has 0 bridgehead atoms. The summed E-state index contributed by atoms with van der Waals surface area (Å²) < 4.78 is 34.6. The first kappa shape index (κ1) is 12.6. The molecule has 7 nitrogen and oxygen atoms in total. The van der Waals surface area contributed by atoms with Gasteiger partial charge in [0.25, 0.3) is 5.88 Å². The van der Waals surface area contributed by atoms with Crippen molar-refractivity contribution in [1.82, 2.24) is 14.7 Å². The summed E-state index contributed by atoms with van der Waals surface area (Å²) in [4.78, 5) is 3.84. The average Bonchev–Trinajstić information content (AvgIpc) is 2.87. The molecule has 0 amide bonds. The monoisotopic (exact) mass is 271 g/mol. The van der Waals surface area contributed by atoms with Crippen LogP contribution in [0.25, 0.3) is 0 Å². The lowest BCUT2D eigenvalue weighted by Crippen LogP contribution is -2.10.